The number of halogens is 7. The molecule has 0 unspecified atom stereocenters. The molecule has 3 fully saturated rings. The van der Waals surface area contributed by atoms with E-state index in [1.165, 1.54) is 37.7 Å². The molecule has 262 valence electrons. The molecule has 0 radical (unpaired) electrons. The van der Waals surface area contributed by atoms with E-state index in [2.05, 4.69) is 0 Å². The number of amides is 4. The van der Waals surface area contributed by atoms with Crippen LogP contribution in [0.4, 0.5) is 27.6 Å². The number of fused-ring (bicyclic) bond motifs is 4. The molecule has 2 aliphatic heterocycles. The van der Waals surface area contributed by atoms with Crippen LogP contribution in [0.3, 0.4) is 0 Å². The highest BCUT2D eigenvalue weighted by Crippen LogP contribution is 2.67. The number of methoxy groups -OCH3 is 2. The number of allylic oxidation sites excluding steroid dienone is 2. The van der Waals surface area contributed by atoms with E-state index in [0.717, 1.165) is 11.0 Å². The molecule has 17 heteroatoms. The lowest BCUT2D eigenvalue weighted by atomic mass is 9.56. The van der Waals surface area contributed by atoms with Gasteiger partial charge in [-0.2, -0.15) is 0 Å². The van der Waals surface area contributed by atoms with Gasteiger partial charge in [-0.3, -0.25) is 24.1 Å². The Morgan fingerprint density at radius 3 is 2.18 bits per heavy atom. The molecule has 9 nitrogen and oxygen atoms in total. The Morgan fingerprint density at radius 1 is 0.920 bits per heavy atom. The minimum atomic E-state index is -2.83. The normalized spacial score (nSPS) is 28.9. The summed E-state index contributed by atoms with van der Waals surface area (Å²) in [6.45, 7) is -0.0438. The van der Waals surface area contributed by atoms with Gasteiger partial charge in [-0.1, -0.05) is 17.7 Å². The Balaban J connectivity index is 1.46. The van der Waals surface area contributed by atoms with Gasteiger partial charge in [0, 0.05) is 28.5 Å². The molecule has 2 saturated heterocycles. The van der Waals surface area contributed by atoms with Crippen molar-refractivity contribution in [2.24, 2.45) is 17.8 Å². The van der Waals surface area contributed by atoms with Gasteiger partial charge >= 0.3 is 0 Å². The molecule has 1 N–H and O–H groups in total. The van der Waals surface area contributed by atoms with Crippen molar-refractivity contribution in [3.05, 3.63) is 80.8 Å². The molecule has 1 aromatic heterocycles. The molecule has 4 amide bonds. The Hall–Kier alpha value is -4.21. The van der Waals surface area contributed by atoms with Gasteiger partial charge in [0.25, 0.3) is 11.8 Å². The topological polar surface area (TPSA) is 113 Å². The first-order chi connectivity index (χ1) is 23.6. The van der Waals surface area contributed by atoms with Gasteiger partial charge in [-0.15, -0.1) is 34.5 Å². The summed E-state index contributed by atoms with van der Waals surface area (Å²) < 4.78 is 84.2. The van der Waals surface area contributed by atoms with Crippen molar-refractivity contribution in [2.75, 3.05) is 19.1 Å². The number of imide groups is 2. The summed E-state index contributed by atoms with van der Waals surface area (Å²) in [5.74, 6) is -22.5. The van der Waals surface area contributed by atoms with E-state index in [1.54, 1.807) is 17.5 Å². The first-order valence-corrected chi connectivity index (χ1v) is 16.6. The van der Waals surface area contributed by atoms with E-state index >= 15 is 8.78 Å². The summed E-state index contributed by atoms with van der Waals surface area (Å²) in [6, 6.07) is 5.91. The Labute approximate surface area is 293 Å². The highest BCUT2D eigenvalue weighted by molar-refractivity contribution is 7.09. The van der Waals surface area contributed by atoms with Crippen LogP contribution in [0.25, 0.3) is 0 Å². The fraction of sp³-hybridized carbons (Fsp3) is 0.333. The van der Waals surface area contributed by atoms with Gasteiger partial charge in [0.05, 0.1) is 32.6 Å². The van der Waals surface area contributed by atoms with Gasteiger partial charge in [0.15, 0.2) is 33.0 Å². The van der Waals surface area contributed by atoms with Crippen LogP contribution >= 0.6 is 34.5 Å². The molecule has 0 bridgehead atoms. The number of carbonyl (C=O) groups excluding carboxylic acids is 4. The number of hydrogen-bond donors (Lipinski definition) is 1. The van der Waals surface area contributed by atoms with Crippen LogP contribution in [-0.4, -0.2) is 57.6 Å². The predicted molar refractivity (Wildman–Crippen MR) is 168 cm³/mol. The monoisotopic (exact) mass is 756 g/mol. The minimum absolute atomic E-state index is 0.0438. The number of likely N-dealkylation sites (tertiary alicyclic amines) is 1. The minimum Gasteiger partial charge on any atom is -0.507 e. The van der Waals surface area contributed by atoms with Crippen molar-refractivity contribution < 1.29 is 55.7 Å². The van der Waals surface area contributed by atoms with Crippen LogP contribution in [-0.2, 0) is 25.7 Å². The van der Waals surface area contributed by atoms with Gasteiger partial charge in [-0.05, 0) is 30.2 Å². The Kier molecular flexibility index (Phi) is 7.99. The molecule has 2 aromatic carbocycles. The second kappa shape index (κ2) is 11.7. The average Bonchev–Trinajstić information content (AvgIpc) is 3.74. The van der Waals surface area contributed by atoms with Gasteiger partial charge < -0.3 is 14.6 Å². The maximum absolute atomic E-state index is 15.3. The van der Waals surface area contributed by atoms with Crippen molar-refractivity contribution in [1.29, 1.82) is 0 Å². The fourth-order valence-electron chi connectivity index (χ4n) is 7.83. The van der Waals surface area contributed by atoms with Crippen molar-refractivity contribution in [3.8, 4) is 17.2 Å². The number of nitrogens with zero attached hydrogens (tertiary/aromatic N) is 2. The number of phenolic OH excluding ortho intramolecular Hbond substituents is 1. The van der Waals surface area contributed by atoms with Gasteiger partial charge in [0.2, 0.25) is 17.6 Å². The zero-order chi connectivity index (χ0) is 36.2. The summed E-state index contributed by atoms with van der Waals surface area (Å²) in [5, 5.41) is 13.2. The molecule has 7 rings (SSSR count). The molecular formula is C33H23Cl2F5N2O7S. The standard InChI is InChI=1S/C33H23Cl2F5N2O7S/c1-48-12-8-17(43)20(18(9-12)49-2)21-14-5-6-15-19(29(45)41(28(15)44)11-13-4-3-7-50-13)16(14)10-32(34)30(46)42(31(47)33(21,32)35)27-25(39)23(37)22(36)24(38)26(27)40/h3-5,7-9,15-16,19,21,43H,6,10-11H2,1-2H3/t15-,16+,19-,21+,32+,33-/m0/s1. The van der Waals surface area contributed by atoms with E-state index in [-0.39, 0.29) is 40.5 Å². The Bertz CT molecular complexity index is 2040. The maximum atomic E-state index is 15.3. The predicted octanol–water partition coefficient (Wildman–Crippen LogP) is 5.93. The highest BCUT2D eigenvalue weighted by atomic mass is 35.5. The molecule has 50 heavy (non-hydrogen) atoms. The van der Waals surface area contributed by atoms with Crippen LogP contribution in [0.1, 0.15) is 29.2 Å². The van der Waals surface area contributed by atoms with E-state index in [4.69, 9.17) is 32.7 Å². The van der Waals surface area contributed by atoms with Crippen LogP contribution in [0.15, 0.2) is 41.3 Å². The first-order valence-electron chi connectivity index (χ1n) is 14.9. The SMILES string of the molecule is COc1cc(O)c([C@H]2C3=CC[C@@H]4C(=O)N(Cc5cccs5)C(=O)[C@@H]4[C@@H]3C[C@@]3(Cl)C(=O)N(c4c(F)c(F)c(F)c(F)c4F)C(=O)[C@@]23Cl)c(OC)c1. The lowest BCUT2D eigenvalue weighted by Crippen LogP contribution is -2.60. The molecular weight excluding hydrogens is 734 g/mol. The number of phenols is 1. The largest absolute Gasteiger partial charge is 0.507 e. The number of anilines is 1. The van der Waals surface area contributed by atoms with Crippen LogP contribution < -0.4 is 14.4 Å². The number of aromatic hydroxyl groups is 1. The van der Waals surface area contributed by atoms with Crippen LogP contribution in [0.5, 0.6) is 17.2 Å². The number of thiophene rings is 1. The van der Waals surface area contributed by atoms with Crippen molar-refractivity contribution in [1.82, 2.24) is 4.90 Å². The van der Waals surface area contributed by atoms with Gasteiger partial charge in [0.1, 0.15) is 22.9 Å². The summed E-state index contributed by atoms with van der Waals surface area (Å²) in [5.41, 5.74) is -1.99. The second-order valence-electron chi connectivity index (χ2n) is 12.3. The van der Waals surface area contributed by atoms with E-state index in [1.807, 2.05) is 0 Å². The van der Waals surface area contributed by atoms with E-state index in [0.29, 0.717) is 4.88 Å². The molecule has 1 saturated carbocycles. The summed E-state index contributed by atoms with van der Waals surface area (Å²) in [6.07, 6.45) is 0.797. The van der Waals surface area contributed by atoms with Gasteiger partial charge in [-0.25, -0.2) is 26.9 Å². The number of ether oxygens (including phenoxy) is 2. The molecule has 6 atom stereocenters. The number of hydrogen-bond acceptors (Lipinski definition) is 8. The second-order valence-corrected chi connectivity index (χ2v) is 14.6. The average molecular weight is 758 g/mol. The summed E-state index contributed by atoms with van der Waals surface area (Å²) in [4.78, 5) is 52.4. The van der Waals surface area contributed by atoms with E-state index in [9.17, 15) is 37.5 Å². The quantitative estimate of drug-likeness (QED) is 0.0829. The smallest absolute Gasteiger partial charge is 0.258 e. The third kappa shape index (κ3) is 4.35. The number of rotatable bonds is 6. The molecule has 3 aromatic rings. The highest BCUT2D eigenvalue weighted by Gasteiger charge is 2.77. The Morgan fingerprint density at radius 2 is 1.58 bits per heavy atom. The summed E-state index contributed by atoms with van der Waals surface area (Å²) >= 11 is 15.6. The third-order valence-corrected chi connectivity index (χ3v) is 12.3. The number of benzene rings is 2. The first kappa shape index (κ1) is 34.2. The molecule has 0 spiro atoms. The van der Waals surface area contributed by atoms with Crippen LogP contribution in [0.2, 0.25) is 0 Å². The summed E-state index contributed by atoms with van der Waals surface area (Å²) in [7, 11) is 2.48. The lowest BCUT2D eigenvalue weighted by molar-refractivity contribution is -0.141. The lowest BCUT2D eigenvalue weighted by Gasteiger charge is -2.50. The number of carbonyl (C=O) groups is 4. The van der Waals surface area contributed by atoms with Crippen molar-refractivity contribution in [2.45, 2.75) is 35.1 Å². The fourth-order valence-corrected chi connectivity index (χ4v) is 9.44. The van der Waals surface area contributed by atoms with E-state index < -0.39 is 104 Å². The molecule has 2 aliphatic carbocycles. The maximum Gasteiger partial charge on any atom is 0.258 e. The molecule has 3 heterocycles. The van der Waals surface area contributed by atoms with Crippen LogP contribution in [0, 0.1) is 46.8 Å². The van der Waals surface area contributed by atoms with Crippen molar-refractivity contribution in [3.63, 3.8) is 0 Å². The molecule has 4 aliphatic rings. The third-order valence-electron chi connectivity index (χ3n) is 10.0. The zero-order valence-corrected chi connectivity index (χ0v) is 28.1. The zero-order valence-electron chi connectivity index (χ0n) is 25.7. The van der Waals surface area contributed by atoms with Crippen molar-refractivity contribution >= 4 is 63.9 Å². The number of alkyl halides is 2.